The van der Waals surface area contributed by atoms with Gasteiger partial charge in [-0.2, -0.15) is 0 Å². The van der Waals surface area contributed by atoms with Crippen molar-refractivity contribution in [1.29, 1.82) is 0 Å². The Morgan fingerprint density at radius 2 is 2.00 bits per heavy atom. The van der Waals surface area contributed by atoms with Crippen LogP contribution in [0, 0.1) is 5.92 Å². The summed E-state index contributed by atoms with van der Waals surface area (Å²) in [6, 6.07) is 8.31. The normalized spacial score (nSPS) is 25.6. The maximum atomic E-state index is 8.98. The molecule has 16 heavy (non-hydrogen) atoms. The first-order chi connectivity index (χ1) is 7.78. The molecule has 2 atom stereocenters. The Kier molecular flexibility index (Phi) is 4.30. The number of rotatable bonds is 3. The van der Waals surface area contributed by atoms with Gasteiger partial charge in [0.15, 0.2) is 0 Å². The van der Waals surface area contributed by atoms with Crippen LogP contribution in [0.3, 0.4) is 0 Å². The Bertz CT molecular complexity index is 320. The average Bonchev–Trinajstić information content (AvgIpc) is 2.30. The van der Waals surface area contributed by atoms with Crippen LogP contribution in [0.5, 0.6) is 0 Å². The molecule has 0 aliphatic heterocycles. The van der Waals surface area contributed by atoms with Gasteiger partial charge in [0, 0.05) is 10.1 Å². The van der Waals surface area contributed by atoms with Crippen molar-refractivity contribution >= 4 is 11.8 Å². The molecule has 1 nitrogen and oxygen atoms in total. The Morgan fingerprint density at radius 1 is 1.25 bits per heavy atom. The smallest absolute Gasteiger partial charge is 0.0681 e. The second kappa shape index (κ2) is 5.74. The molecule has 88 valence electrons. The minimum absolute atomic E-state index is 0.144. The van der Waals surface area contributed by atoms with E-state index in [4.69, 9.17) is 5.11 Å². The van der Waals surface area contributed by atoms with Crippen LogP contribution in [-0.4, -0.2) is 10.4 Å². The van der Waals surface area contributed by atoms with Gasteiger partial charge in [0.25, 0.3) is 0 Å². The van der Waals surface area contributed by atoms with Gasteiger partial charge < -0.3 is 5.11 Å². The first kappa shape index (κ1) is 12.0. The van der Waals surface area contributed by atoms with Crippen LogP contribution in [0.1, 0.15) is 38.2 Å². The lowest BCUT2D eigenvalue weighted by molar-refractivity contribution is 0.282. The third kappa shape index (κ3) is 3.26. The minimum atomic E-state index is 0.144. The third-order valence-electron chi connectivity index (χ3n) is 3.30. The highest BCUT2D eigenvalue weighted by Crippen LogP contribution is 2.35. The molecule has 1 saturated carbocycles. The second-order valence-corrected chi connectivity index (χ2v) is 6.19. The summed E-state index contributed by atoms with van der Waals surface area (Å²) in [6.45, 7) is 2.51. The highest BCUT2D eigenvalue weighted by Gasteiger charge is 2.19. The molecule has 1 aromatic rings. The quantitative estimate of drug-likeness (QED) is 0.860. The van der Waals surface area contributed by atoms with Crippen molar-refractivity contribution < 1.29 is 5.11 Å². The number of aliphatic hydroxyl groups excluding tert-OH is 1. The zero-order valence-corrected chi connectivity index (χ0v) is 10.7. The fraction of sp³-hybridized carbons (Fsp3) is 0.571. The zero-order valence-electron chi connectivity index (χ0n) is 9.86. The van der Waals surface area contributed by atoms with Crippen molar-refractivity contribution in [1.82, 2.24) is 0 Å². The van der Waals surface area contributed by atoms with Crippen LogP contribution in [0.15, 0.2) is 29.2 Å². The van der Waals surface area contributed by atoms with E-state index < -0.39 is 0 Å². The molecule has 0 saturated heterocycles. The Hall–Kier alpha value is -0.470. The van der Waals surface area contributed by atoms with Crippen LogP contribution in [0.2, 0.25) is 0 Å². The Labute approximate surface area is 102 Å². The number of thioether (sulfide) groups is 1. The first-order valence-electron chi connectivity index (χ1n) is 6.14. The van der Waals surface area contributed by atoms with Gasteiger partial charge >= 0.3 is 0 Å². The van der Waals surface area contributed by atoms with Crippen molar-refractivity contribution in [2.45, 2.75) is 49.4 Å². The van der Waals surface area contributed by atoms with E-state index >= 15 is 0 Å². The van der Waals surface area contributed by atoms with Gasteiger partial charge in [-0.3, -0.25) is 0 Å². The maximum absolute atomic E-state index is 8.98. The molecule has 0 amide bonds. The molecule has 1 aliphatic carbocycles. The molecule has 1 aliphatic rings. The summed E-state index contributed by atoms with van der Waals surface area (Å²) in [5.41, 5.74) is 1.00. The van der Waals surface area contributed by atoms with Crippen molar-refractivity contribution in [3.8, 4) is 0 Å². The first-order valence-corrected chi connectivity index (χ1v) is 7.02. The van der Waals surface area contributed by atoms with Crippen LogP contribution >= 0.6 is 11.8 Å². The van der Waals surface area contributed by atoms with Gasteiger partial charge in [-0.15, -0.1) is 11.8 Å². The average molecular weight is 236 g/mol. The van der Waals surface area contributed by atoms with Gasteiger partial charge in [0.2, 0.25) is 0 Å². The van der Waals surface area contributed by atoms with E-state index in [2.05, 4.69) is 19.1 Å². The fourth-order valence-electron chi connectivity index (χ4n) is 2.35. The Balaban J connectivity index is 1.92. The van der Waals surface area contributed by atoms with E-state index in [1.165, 1.54) is 30.6 Å². The van der Waals surface area contributed by atoms with Crippen molar-refractivity contribution in [3.05, 3.63) is 29.8 Å². The van der Waals surface area contributed by atoms with E-state index in [1.54, 1.807) is 0 Å². The van der Waals surface area contributed by atoms with E-state index in [9.17, 15) is 0 Å². The second-order valence-electron chi connectivity index (χ2n) is 4.81. The molecule has 2 unspecified atom stereocenters. The summed E-state index contributed by atoms with van der Waals surface area (Å²) in [7, 11) is 0. The highest BCUT2D eigenvalue weighted by atomic mass is 32.2. The van der Waals surface area contributed by atoms with E-state index in [0.717, 1.165) is 16.7 Å². The lowest BCUT2D eigenvalue weighted by atomic mass is 9.91. The van der Waals surface area contributed by atoms with Gasteiger partial charge in [0.05, 0.1) is 6.61 Å². The molecule has 2 heteroatoms. The molecule has 1 fully saturated rings. The summed E-state index contributed by atoms with van der Waals surface area (Å²) in [6.07, 6.45) is 5.50. The van der Waals surface area contributed by atoms with E-state index in [0.29, 0.717) is 0 Å². The van der Waals surface area contributed by atoms with Gasteiger partial charge in [-0.25, -0.2) is 0 Å². The fourth-order valence-corrected chi connectivity index (χ4v) is 3.74. The minimum Gasteiger partial charge on any atom is -0.392 e. The zero-order chi connectivity index (χ0) is 11.4. The molecule has 1 aromatic carbocycles. The summed E-state index contributed by atoms with van der Waals surface area (Å²) in [5.74, 6) is 0.892. The predicted molar refractivity (Wildman–Crippen MR) is 69.6 cm³/mol. The summed E-state index contributed by atoms with van der Waals surface area (Å²) < 4.78 is 0. The summed E-state index contributed by atoms with van der Waals surface area (Å²) in [5, 5.41) is 9.77. The monoisotopic (exact) mass is 236 g/mol. The molecule has 0 bridgehead atoms. The highest BCUT2D eigenvalue weighted by molar-refractivity contribution is 8.00. The van der Waals surface area contributed by atoms with Gasteiger partial charge in [-0.05, 0) is 36.5 Å². The predicted octanol–water partition coefficient (Wildman–Crippen LogP) is 3.85. The molecular weight excluding hydrogens is 216 g/mol. The molecule has 2 rings (SSSR count). The topological polar surface area (TPSA) is 20.2 Å². The number of aliphatic hydroxyl groups is 1. The SMILES string of the molecule is CC1CCCC(Sc2ccc(CO)cc2)C1. The largest absolute Gasteiger partial charge is 0.392 e. The van der Waals surface area contributed by atoms with Crippen LogP contribution in [0.25, 0.3) is 0 Å². The Morgan fingerprint density at radius 3 is 2.62 bits per heavy atom. The lowest BCUT2D eigenvalue weighted by Gasteiger charge is -2.26. The lowest BCUT2D eigenvalue weighted by Crippen LogP contribution is -2.14. The van der Waals surface area contributed by atoms with E-state index in [-0.39, 0.29) is 6.61 Å². The van der Waals surface area contributed by atoms with Gasteiger partial charge in [0.1, 0.15) is 0 Å². The van der Waals surface area contributed by atoms with Gasteiger partial charge in [-0.1, -0.05) is 31.9 Å². The standard InChI is InChI=1S/C14H20OS/c1-11-3-2-4-14(9-11)16-13-7-5-12(10-15)6-8-13/h5-8,11,14-15H,2-4,9-10H2,1H3. The number of hydrogen-bond acceptors (Lipinski definition) is 2. The van der Waals surface area contributed by atoms with Crippen LogP contribution < -0.4 is 0 Å². The molecule has 0 radical (unpaired) electrons. The van der Waals surface area contributed by atoms with Crippen molar-refractivity contribution in [3.63, 3.8) is 0 Å². The number of hydrogen-bond donors (Lipinski definition) is 1. The van der Waals surface area contributed by atoms with Crippen molar-refractivity contribution in [2.75, 3.05) is 0 Å². The third-order valence-corrected chi connectivity index (χ3v) is 4.60. The molecule has 1 N–H and O–H groups in total. The molecule has 0 spiro atoms. The molecule has 0 aromatic heterocycles. The summed E-state index contributed by atoms with van der Waals surface area (Å²) in [4.78, 5) is 1.34. The van der Waals surface area contributed by atoms with Crippen LogP contribution in [-0.2, 0) is 6.61 Å². The van der Waals surface area contributed by atoms with Crippen molar-refractivity contribution in [2.24, 2.45) is 5.92 Å². The molecule has 0 heterocycles. The molecular formula is C14H20OS. The van der Waals surface area contributed by atoms with E-state index in [1.807, 2.05) is 23.9 Å². The summed E-state index contributed by atoms with van der Waals surface area (Å²) >= 11 is 2.01. The van der Waals surface area contributed by atoms with Crippen LogP contribution in [0.4, 0.5) is 0 Å². The number of benzene rings is 1. The maximum Gasteiger partial charge on any atom is 0.0681 e.